The van der Waals surface area contributed by atoms with Crippen LogP contribution < -0.4 is 10.1 Å². The van der Waals surface area contributed by atoms with Crippen LogP contribution in [-0.4, -0.2) is 46.1 Å². The first-order chi connectivity index (χ1) is 15.1. The highest BCUT2D eigenvalue weighted by atomic mass is 16.5. The summed E-state index contributed by atoms with van der Waals surface area (Å²) in [6, 6.07) is 15.9. The third-order valence-electron chi connectivity index (χ3n) is 5.55. The van der Waals surface area contributed by atoms with Crippen molar-refractivity contribution in [1.29, 1.82) is 0 Å². The summed E-state index contributed by atoms with van der Waals surface area (Å²) in [5.74, 6) is 0.397. The molecule has 0 spiro atoms. The van der Waals surface area contributed by atoms with E-state index in [1.807, 2.05) is 36.4 Å². The van der Waals surface area contributed by atoms with Crippen LogP contribution in [0.4, 0.5) is 11.6 Å². The Morgan fingerprint density at radius 3 is 2.45 bits per heavy atom. The minimum absolute atomic E-state index is 0.257. The average Bonchev–Trinajstić information content (AvgIpc) is 2.81. The van der Waals surface area contributed by atoms with Gasteiger partial charge in [-0.3, -0.25) is 9.69 Å². The molecular weight excluding hydrogens is 392 g/mol. The molecule has 0 aliphatic carbocycles. The van der Waals surface area contributed by atoms with Crippen molar-refractivity contribution < 1.29 is 14.6 Å². The van der Waals surface area contributed by atoms with Crippen molar-refractivity contribution in [3.63, 3.8) is 0 Å². The van der Waals surface area contributed by atoms with Crippen LogP contribution in [0.15, 0.2) is 60.9 Å². The molecule has 1 unspecified atom stereocenters. The number of piperidine rings is 1. The van der Waals surface area contributed by atoms with Gasteiger partial charge in [-0.15, -0.1) is 0 Å². The number of carboxylic acid groups (broad SMARTS) is 1. The number of methoxy groups -OCH3 is 1. The van der Waals surface area contributed by atoms with Crippen LogP contribution in [0.25, 0.3) is 11.1 Å². The van der Waals surface area contributed by atoms with Gasteiger partial charge >= 0.3 is 5.97 Å². The van der Waals surface area contributed by atoms with E-state index in [4.69, 9.17) is 4.74 Å². The van der Waals surface area contributed by atoms with Gasteiger partial charge < -0.3 is 15.2 Å². The van der Waals surface area contributed by atoms with Crippen LogP contribution in [0.3, 0.4) is 0 Å². The number of rotatable bonds is 7. The summed E-state index contributed by atoms with van der Waals surface area (Å²) in [5, 5.41) is 12.5. The summed E-state index contributed by atoms with van der Waals surface area (Å²) in [5.41, 5.74) is 4.03. The second-order valence-corrected chi connectivity index (χ2v) is 7.76. The fraction of sp³-hybridized carbons (Fsp3) is 0.292. The lowest BCUT2D eigenvalue weighted by Gasteiger charge is -2.30. The van der Waals surface area contributed by atoms with Crippen molar-refractivity contribution in [2.24, 2.45) is 5.92 Å². The van der Waals surface area contributed by atoms with Crippen molar-refractivity contribution in [2.45, 2.75) is 19.4 Å². The maximum Gasteiger partial charge on any atom is 0.307 e. The molecule has 2 N–H and O–H groups in total. The van der Waals surface area contributed by atoms with Gasteiger partial charge in [0.15, 0.2) is 0 Å². The molecule has 0 amide bonds. The predicted octanol–water partition coefficient (Wildman–Crippen LogP) is 4.19. The Morgan fingerprint density at radius 1 is 1.10 bits per heavy atom. The number of hydrogen-bond acceptors (Lipinski definition) is 6. The van der Waals surface area contributed by atoms with E-state index < -0.39 is 5.97 Å². The molecule has 2 aromatic carbocycles. The quantitative estimate of drug-likeness (QED) is 0.595. The normalized spacial score (nSPS) is 16.6. The third-order valence-corrected chi connectivity index (χ3v) is 5.55. The first kappa shape index (κ1) is 20.8. The number of carbonyl (C=O) groups is 1. The Balaban J connectivity index is 1.34. The van der Waals surface area contributed by atoms with E-state index in [0.29, 0.717) is 12.5 Å². The molecule has 160 valence electrons. The van der Waals surface area contributed by atoms with Gasteiger partial charge in [0, 0.05) is 36.7 Å². The summed E-state index contributed by atoms with van der Waals surface area (Å²) < 4.78 is 5.19. The zero-order chi connectivity index (χ0) is 21.6. The molecule has 3 aromatic rings. The van der Waals surface area contributed by atoms with E-state index in [9.17, 15) is 9.90 Å². The number of anilines is 2. The fourth-order valence-electron chi connectivity index (χ4n) is 3.81. The molecule has 1 saturated heterocycles. The second kappa shape index (κ2) is 9.57. The standard InChI is InChI=1S/C24H26N4O3/c1-31-22-10-6-18(7-11-22)20-13-25-24(26-14-20)27-21-8-4-17(5-9-21)15-28-12-2-3-19(16-28)23(29)30/h4-11,13-14,19H,2-3,12,15-16H2,1H3,(H,29,30)(H,25,26,27). The van der Waals surface area contributed by atoms with Gasteiger partial charge in [0.1, 0.15) is 5.75 Å². The summed E-state index contributed by atoms with van der Waals surface area (Å²) in [4.78, 5) is 22.3. The average molecular weight is 418 g/mol. The number of likely N-dealkylation sites (tertiary alicyclic amines) is 1. The SMILES string of the molecule is COc1ccc(-c2cnc(Nc3ccc(CN4CCCC(C(=O)O)C4)cc3)nc2)cc1. The van der Waals surface area contributed by atoms with Gasteiger partial charge in [0.2, 0.25) is 5.95 Å². The molecule has 7 nitrogen and oxygen atoms in total. The van der Waals surface area contributed by atoms with Crippen molar-refractivity contribution in [2.75, 3.05) is 25.5 Å². The highest BCUT2D eigenvalue weighted by Gasteiger charge is 2.25. The molecule has 1 aliphatic heterocycles. The highest BCUT2D eigenvalue weighted by Crippen LogP contribution is 2.23. The number of benzene rings is 2. The lowest BCUT2D eigenvalue weighted by molar-refractivity contribution is -0.143. The molecule has 0 radical (unpaired) electrons. The fourth-order valence-corrected chi connectivity index (χ4v) is 3.81. The van der Waals surface area contributed by atoms with Crippen LogP contribution in [-0.2, 0) is 11.3 Å². The molecule has 31 heavy (non-hydrogen) atoms. The summed E-state index contributed by atoms with van der Waals surface area (Å²) >= 11 is 0. The Morgan fingerprint density at radius 2 is 1.81 bits per heavy atom. The number of aliphatic carboxylic acids is 1. The molecule has 2 heterocycles. The molecule has 0 bridgehead atoms. The Labute approximate surface area is 181 Å². The monoisotopic (exact) mass is 418 g/mol. The van der Waals surface area contributed by atoms with Crippen molar-refractivity contribution in [3.05, 3.63) is 66.5 Å². The van der Waals surface area contributed by atoms with Gasteiger partial charge in [-0.2, -0.15) is 0 Å². The minimum Gasteiger partial charge on any atom is -0.497 e. The van der Waals surface area contributed by atoms with E-state index in [2.05, 4.69) is 32.3 Å². The molecule has 1 aromatic heterocycles. The third kappa shape index (κ3) is 5.38. The number of hydrogen-bond donors (Lipinski definition) is 2. The lowest BCUT2D eigenvalue weighted by Crippen LogP contribution is -2.38. The van der Waals surface area contributed by atoms with E-state index in [-0.39, 0.29) is 5.92 Å². The molecule has 0 saturated carbocycles. The summed E-state index contributed by atoms with van der Waals surface area (Å²) in [7, 11) is 1.65. The Kier molecular flexibility index (Phi) is 6.43. The number of carboxylic acids is 1. The van der Waals surface area contributed by atoms with E-state index in [0.717, 1.165) is 54.1 Å². The molecule has 1 atom stereocenters. The van der Waals surface area contributed by atoms with Crippen LogP contribution in [0.1, 0.15) is 18.4 Å². The molecule has 7 heteroatoms. The highest BCUT2D eigenvalue weighted by molar-refractivity contribution is 5.70. The number of nitrogens with zero attached hydrogens (tertiary/aromatic N) is 3. The molecule has 1 fully saturated rings. The molecule has 4 rings (SSSR count). The van der Waals surface area contributed by atoms with Crippen molar-refractivity contribution in [1.82, 2.24) is 14.9 Å². The smallest absolute Gasteiger partial charge is 0.307 e. The molecule has 1 aliphatic rings. The lowest BCUT2D eigenvalue weighted by atomic mass is 9.98. The maximum atomic E-state index is 11.2. The first-order valence-corrected chi connectivity index (χ1v) is 10.4. The molecular formula is C24H26N4O3. The summed E-state index contributed by atoms with van der Waals surface area (Å²) in [6.07, 6.45) is 5.29. The number of aromatic nitrogens is 2. The topological polar surface area (TPSA) is 87.6 Å². The van der Waals surface area contributed by atoms with Gasteiger partial charge in [0.25, 0.3) is 0 Å². The van der Waals surface area contributed by atoms with Gasteiger partial charge in [-0.05, 0) is 54.8 Å². The predicted molar refractivity (Wildman–Crippen MR) is 119 cm³/mol. The van der Waals surface area contributed by atoms with E-state index in [1.54, 1.807) is 19.5 Å². The Bertz CT molecular complexity index is 1000. The van der Waals surface area contributed by atoms with Crippen LogP contribution in [0.5, 0.6) is 5.75 Å². The van der Waals surface area contributed by atoms with Gasteiger partial charge in [0.05, 0.1) is 13.0 Å². The zero-order valence-electron chi connectivity index (χ0n) is 17.5. The maximum absolute atomic E-state index is 11.2. The van der Waals surface area contributed by atoms with Crippen LogP contribution >= 0.6 is 0 Å². The van der Waals surface area contributed by atoms with Gasteiger partial charge in [-0.25, -0.2) is 9.97 Å². The van der Waals surface area contributed by atoms with E-state index >= 15 is 0 Å². The first-order valence-electron chi connectivity index (χ1n) is 10.4. The Hall–Kier alpha value is -3.45. The number of nitrogens with one attached hydrogen (secondary N) is 1. The van der Waals surface area contributed by atoms with Gasteiger partial charge in [-0.1, -0.05) is 24.3 Å². The van der Waals surface area contributed by atoms with E-state index in [1.165, 1.54) is 0 Å². The van der Waals surface area contributed by atoms with Crippen molar-refractivity contribution >= 4 is 17.6 Å². The largest absolute Gasteiger partial charge is 0.497 e. The summed E-state index contributed by atoms with van der Waals surface area (Å²) in [6.45, 7) is 2.32. The zero-order valence-corrected chi connectivity index (χ0v) is 17.5. The minimum atomic E-state index is -0.692. The second-order valence-electron chi connectivity index (χ2n) is 7.76. The van der Waals surface area contributed by atoms with Crippen molar-refractivity contribution in [3.8, 4) is 16.9 Å². The number of ether oxygens (including phenoxy) is 1. The van der Waals surface area contributed by atoms with Crippen LogP contribution in [0, 0.1) is 5.92 Å². The van der Waals surface area contributed by atoms with Crippen LogP contribution in [0.2, 0.25) is 0 Å².